The van der Waals surface area contributed by atoms with E-state index in [9.17, 15) is 4.79 Å². The fourth-order valence-electron chi connectivity index (χ4n) is 2.75. The fourth-order valence-corrected chi connectivity index (χ4v) is 2.75. The summed E-state index contributed by atoms with van der Waals surface area (Å²) in [5.74, 6) is -0.344. The predicted octanol–water partition coefficient (Wildman–Crippen LogP) is 1.99. The van der Waals surface area contributed by atoms with Gasteiger partial charge in [0, 0.05) is 18.8 Å². The summed E-state index contributed by atoms with van der Waals surface area (Å²) in [5.41, 5.74) is 7.17. The third-order valence-electron chi connectivity index (χ3n) is 3.86. The molecular formula is C15H24ClN3O2. The first-order chi connectivity index (χ1) is 9.74. The average molecular weight is 314 g/mol. The first-order valence-electron chi connectivity index (χ1n) is 7.22. The maximum absolute atomic E-state index is 11.4. The largest absolute Gasteiger partial charge is 0.465 e. The molecule has 21 heavy (non-hydrogen) atoms. The van der Waals surface area contributed by atoms with Crippen LogP contribution in [-0.2, 0) is 11.3 Å². The van der Waals surface area contributed by atoms with Crippen LogP contribution in [0.2, 0.25) is 0 Å². The minimum Gasteiger partial charge on any atom is -0.465 e. The van der Waals surface area contributed by atoms with Crippen LogP contribution in [0.4, 0.5) is 0 Å². The van der Waals surface area contributed by atoms with Crippen molar-refractivity contribution in [3.63, 3.8) is 0 Å². The summed E-state index contributed by atoms with van der Waals surface area (Å²) in [6.45, 7) is 2.66. The molecule has 118 valence electrons. The number of pyridine rings is 1. The number of carbonyl (C=O) groups is 1. The molecule has 0 bridgehead atoms. The van der Waals surface area contributed by atoms with Crippen molar-refractivity contribution in [2.45, 2.75) is 38.3 Å². The molecule has 6 heteroatoms. The molecule has 2 N–H and O–H groups in total. The van der Waals surface area contributed by atoms with Gasteiger partial charge in [0.25, 0.3) is 0 Å². The number of ether oxygens (including phenoxy) is 1. The Morgan fingerprint density at radius 2 is 2.29 bits per heavy atom. The Labute approximate surface area is 132 Å². The van der Waals surface area contributed by atoms with Crippen molar-refractivity contribution >= 4 is 18.4 Å². The zero-order valence-corrected chi connectivity index (χ0v) is 13.3. The number of rotatable bonds is 5. The molecule has 1 aliphatic heterocycles. The number of esters is 1. The molecule has 0 aromatic carbocycles. The van der Waals surface area contributed by atoms with Gasteiger partial charge in [0.2, 0.25) is 0 Å². The van der Waals surface area contributed by atoms with E-state index in [0.717, 1.165) is 31.7 Å². The monoisotopic (exact) mass is 313 g/mol. The number of methoxy groups -OCH3 is 1. The Kier molecular flexibility index (Phi) is 7.64. The molecular weight excluding hydrogens is 290 g/mol. The smallest absolute Gasteiger partial charge is 0.339 e. The minimum absolute atomic E-state index is 0. The summed E-state index contributed by atoms with van der Waals surface area (Å²) in [5, 5.41) is 0. The van der Waals surface area contributed by atoms with Crippen LogP contribution in [-0.4, -0.2) is 42.1 Å². The van der Waals surface area contributed by atoms with Gasteiger partial charge in [-0.1, -0.05) is 6.42 Å². The van der Waals surface area contributed by atoms with Gasteiger partial charge in [-0.3, -0.25) is 9.88 Å². The van der Waals surface area contributed by atoms with Crippen LogP contribution in [0.1, 0.15) is 41.7 Å². The van der Waals surface area contributed by atoms with Gasteiger partial charge >= 0.3 is 5.97 Å². The van der Waals surface area contributed by atoms with Crippen LogP contribution in [0.5, 0.6) is 0 Å². The van der Waals surface area contributed by atoms with Crippen LogP contribution < -0.4 is 5.73 Å². The average Bonchev–Trinajstić information content (AvgIpc) is 2.49. The van der Waals surface area contributed by atoms with Gasteiger partial charge in [0.1, 0.15) is 0 Å². The summed E-state index contributed by atoms with van der Waals surface area (Å²) in [6, 6.07) is 4.24. The Bertz CT molecular complexity index is 437. The van der Waals surface area contributed by atoms with Gasteiger partial charge in [0.15, 0.2) is 0 Å². The van der Waals surface area contributed by atoms with E-state index < -0.39 is 0 Å². The number of hydrogen-bond donors (Lipinski definition) is 1. The van der Waals surface area contributed by atoms with Gasteiger partial charge in [-0.05, 0) is 44.5 Å². The number of nitrogens with two attached hydrogens (primary N) is 1. The number of likely N-dealkylation sites (tertiary alicyclic amines) is 1. The highest BCUT2D eigenvalue weighted by atomic mass is 35.5. The normalized spacial score (nSPS) is 18.9. The molecule has 2 rings (SSSR count). The van der Waals surface area contributed by atoms with E-state index in [2.05, 4.69) is 14.6 Å². The number of hydrogen-bond acceptors (Lipinski definition) is 5. The lowest BCUT2D eigenvalue weighted by Crippen LogP contribution is -2.40. The highest BCUT2D eigenvalue weighted by Gasteiger charge is 2.22. The topological polar surface area (TPSA) is 68.5 Å². The third kappa shape index (κ3) is 4.95. The fraction of sp³-hybridized carbons (Fsp3) is 0.600. The maximum atomic E-state index is 11.4. The van der Waals surface area contributed by atoms with Crippen molar-refractivity contribution in [2.75, 3.05) is 20.2 Å². The lowest BCUT2D eigenvalue weighted by Gasteiger charge is -2.35. The first kappa shape index (κ1) is 17.9. The molecule has 1 aromatic heterocycles. The van der Waals surface area contributed by atoms with Gasteiger partial charge < -0.3 is 10.5 Å². The van der Waals surface area contributed by atoms with Crippen molar-refractivity contribution in [1.82, 2.24) is 9.88 Å². The molecule has 1 saturated heterocycles. The molecule has 0 aliphatic carbocycles. The van der Waals surface area contributed by atoms with Crippen molar-refractivity contribution in [3.8, 4) is 0 Å². The highest BCUT2D eigenvalue weighted by molar-refractivity contribution is 5.88. The number of piperidine rings is 1. The SMILES string of the molecule is COC(=O)c1ccc(CN2CCCCC2CCN)nc1.Cl. The number of aromatic nitrogens is 1. The lowest BCUT2D eigenvalue weighted by atomic mass is 9.99. The zero-order valence-electron chi connectivity index (χ0n) is 12.5. The van der Waals surface area contributed by atoms with Crippen molar-refractivity contribution < 1.29 is 9.53 Å². The predicted molar refractivity (Wildman–Crippen MR) is 84.5 cm³/mol. The van der Waals surface area contributed by atoms with E-state index in [1.54, 1.807) is 12.3 Å². The molecule has 5 nitrogen and oxygen atoms in total. The summed E-state index contributed by atoms with van der Waals surface area (Å²) >= 11 is 0. The molecule has 1 aliphatic rings. The van der Waals surface area contributed by atoms with Crippen LogP contribution in [0.25, 0.3) is 0 Å². The molecule has 1 unspecified atom stereocenters. The van der Waals surface area contributed by atoms with Gasteiger partial charge in [0.05, 0.1) is 18.4 Å². The molecule has 1 aromatic rings. The number of carbonyl (C=O) groups excluding carboxylic acids is 1. The van der Waals surface area contributed by atoms with Gasteiger partial charge in [-0.2, -0.15) is 0 Å². The Morgan fingerprint density at radius 1 is 1.48 bits per heavy atom. The minimum atomic E-state index is -0.344. The van der Waals surface area contributed by atoms with Gasteiger partial charge in [-0.25, -0.2) is 4.79 Å². The van der Waals surface area contributed by atoms with E-state index >= 15 is 0 Å². The zero-order chi connectivity index (χ0) is 14.4. The van der Waals surface area contributed by atoms with E-state index in [1.165, 1.54) is 26.4 Å². The van der Waals surface area contributed by atoms with Crippen LogP contribution in [0.15, 0.2) is 18.3 Å². The number of halogens is 1. The Morgan fingerprint density at radius 3 is 2.90 bits per heavy atom. The standard InChI is InChI=1S/C15H23N3O2.ClH/c1-20-15(19)12-5-6-13(17-10-12)11-18-9-3-2-4-14(18)7-8-16;/h5-6,10,14H,2-4,7-9,11,16H2,1H3;1H. The molecule has 0 amide bonds. The Balaban J connectivity index is 0.00000220. The van der Waals surface area contributed by atoms with Crippen molar-refractivity contribution in [2.24, 2.45) is 5.73 Å². The molecule has 2 heterocycles. The van der Waals surface area contributed by atoms with Crippen LogP contribution in [0, 0.1) is 0 Å². The molecule has 0 radical (unpaired) electrons. The molecule has 0 saturated carbocycles. The maximum Gasteiger partial charge on any atom is 0.339 e. The number of nitrogens with zero attached hydrogens (tertiary/aromatic N) is 2. The second-order valence-corrected chi connectivity index (χ2v) is 5.23. The van der Waals surface area contributed by atoms with E-state index in [-0.39, 0.29) is 18.4 Å². The van der Waals surface area contributed by atoms with Crippen LogP contribution in [0.3, 0.4) is 0 Å². The van der Waals surface area contributed by atoms with E-state index in [0.29, 0.717) is 11.6 Å². The lowest BCUT2D eigenvalue weighted by molar-refractivity contribution is 0.0600. The van der Waals surface area contributed by atoms with E-state index in [4.69, 9.17) is 5.73 Å². The Hall–Kier alpha value is -1.17. The molecule has 1 atom stereocenters. The van der Waals surface area contributed by atoms with Crippen LogP contribution >= 0.6 is 12.4 Å². The molecule has 0 spiro atoms. The second kappa shape index (κ2) is 8.97. The van der Waals surface area contributed by atoms with E-state index in [1.807, 2.05) is 6.07 Å². The second-order valence-electron chi connectivity index (χ2n) is 5.23. The molecule has 1 fully saturated rings. The van der Waals surface area contributed by atoms with Crippen molar-refractivity contribution in [1.29, 1.82) is 0 Å². The van der Waals surface area contributed by atoms with Gasteiger partial charge in [-0.15, -0.1) is 12.4 Å². The summed E-state index contributed by atoms with van der Waals surface area (Å²) in [7, 11) is 1.38. The summed E-state index contributed by atoms with van der Waals surface area (Å²) < 4.78 is 4.67. The third-order valence-corrected chi connectivity index (χ3v) is 3.86. The van der Waals surface area contributed by atoms with Crippen molar-refractivity contribution in [3.05, 3.63) is 29.6 Å². The summed E-state index contributed by atoms with van der Waals surface area (Å²) in [6.07, 6.45) is 6.37. The first-order valence-corrected chi connectivity index (χ1v) is 7.22. The summed E-state index contributed by atoms with van der Waals surface area (Å²) in [4.78, 5) is 18.2. The quantitative estimate of drug-likeness (QED) is 0.842. The highest BCUT2D eigenvalue weighted by Crippen LogP contribution is 2.21.